The lowest BCUT2D eigenvalue weighted by molar-refractivity contribution is 0.0532. The molecule has 2 N–H and O–H groups in total. The van der Waals surface area contributed by atoms with Gasteiger partial charge in [0.05, 0.1) is 12.7 Å². The molecule has 28 heavy (non-hydrogen) atoms. The van der Waals surface area contributed by atoms with Gasteiger partial charge in [-0.3, -0.25) is 4.99 Å². The number of likely N-dealkylation sites (tertiary alicyclic amines) is 1. The molecule has 1 saturated carbocycles. The van der Waals surface area contributed by atoms with E-state index in [9.17, 15) is 4.39 Å². The van der Waals surface area contributed by atoms with E-state index in [0.717, 1.165) is 70.0 Å². The molecule has 0 radical (unpaired) electrons. The smallest absolute Gasteiger partial charge is 0.191 e. The minimum absolute atomic E-state index is 0.0551. The highest BCUT2D eigenvalue weighted by Gasteiger charge is 2.44. The molecule has 1 saturated heterocycles. The molecule has 2 aliphatic rings. The summed E-state index contributed by atoms with van der Waals surface area (Å²) in [6.45, 7) is 8.94. The number of ether oxygens (including phenoxy) is 1. The molecule has 1 aliphatic heterocycles. The Hall–Kier alpha value is -1.66. The van der Waals surface area contributed by atoms with Crippen molar-refractivity contribution in [2.24, 2.45) is 4.99 Å². The van der Waals surface area contributed by atoms with E-state index >= 15 is 0 Å². The second kappa shape index (κ2) is 9.70. The Morgan fingerprint density at radius 3 is 2.68 bits per heavy atom. The van der Waals surface area contributed by atoms with E-state index in [0.29, 0.717) is 12.1 Å². The SMILES string of the molecule is CN=C(NCC1(c2cccc(F)c2)CC1)NC1CCN(CCOC(C)C)CC1. The van der Waals surface area contributed by atoms with E-state index in [1.54, 1.807) is 12.1 Å². The van der Waals surface area contributed by atoms with Gasteiger partial charge in [0, 0.05) is 44.7 Å². The van der Waals surface area contributed by atoms with E-state index in [2.05, 4.69) is 34.4 Å². The van der Waals surface area contributed by atoms with Crippen LogP contribution in [0.1, 0.15) is 45.1 Å². The van der Waals surface area contributed by atoms with Gasteiger partial charge in [-0.2, -0.15) is 0 Å². The average molecular weight is 391 g/mol. The van der Waals surface area contributed by atoms with Gasteiger partial charge in [0.2, 0.25) is 0 Å². The number of rotatable bonds is 8. The van der Waals surface area contributed by atoms with Crippen molar-refractivity contribution in [1.82, 2.24) is 15.5 Å². The fourth-order valence-corrected chi connectivity index (χ4v) is 3.90. The summed E-state index contributed by atoms with van der Waals surface area (Å²) in [6.07, 6.45) is 4.71. The van der Waals surface area contributed by atoms with E-state index in [1.165, 1.54) is 6.07 Å². The van der Waals surface area contributed by atoms with Crippen LogP contribution in [-0.2, 0) is 10.2 Å². The first-order valence-corrected chi connectivity index (χ1v) is 10.6. The molecule has 0 amide bonds. The highest BCUT2D eigenvalue weighted by atomic mass is 19.1. The third-order valence-electron chi connectivity index (χ3n) is 5.90. The van der Waals surface area contributed by atoms with Gasteiger partial charge in [0.25, 0.3) is 0 Å². The topological polar surface area (TPSA) is 48.9 Å². The van der Waals surface area contributed by atoms with Crippen LogP contribution in [0, 0.1) is 5.82 Å². The zero-order valence-corrected chi connectivity index (χ0v) is 17.5. The van der Waals surface area contributed by atoms with Crippen LogP contribution < -0.4 is 10.6 Å². The molecule has 1 aromatic carbocycles. The lowest BCUT2D eigenvalue weighted by Gasteiger charge is -2.33. The molecule has 156 valence electrons. The minimum Gasteiger partial charge on any atom is -0.377 e. The molecular formula is C22H35FN4O. The van der Waals surface area contributed by atoms with Crippen LogP contribution >= 0.6 is 0 Å². The Morgan fingerprint density at radius 1 is 1.32 bits per heavy atom. The van der Waals surface area contributed by atoms with E-state index in [1.807, 2.05) is 13.1 Å². The van der Waals surface area contributed by atoms with Gasteiger partial charge in [0.15, 0.2) is 5.96 Å². The molecule has 1 aliphatic carbocycles. The van der Waals surface area contributed by atoms with Gasteiger partial charge in [-0.05, 0) is 57.2 Å². The molecular weight excluding hydrogens is 355 g/mol. The molecule has 0 unspecified atom stereocenters. The summed E-state index contributed by atoms with van der Waals surface area (Å²) in [4.78, 5) is 6.87. The van der Waals surface area contributed by atoms with E-state index in [4.69, 9.17) is 4.74 Å². The van der Waals surface area contributed by atoms with Crippen molar-refractivity contribution in [3.05, 3.63) is 35.6 Å². The maximum Gasteiger partial charge on any atom is 0.191 e. The summed E-state index contributed by atoms with van der Waals surface area (Å²) in [7, 11) is 1.81. The maximum atomic E-state index is 13.6. The zero-order chi connectivity index (χ0) is 20.0. The molecule has 0 atom stereocenters. The quantitative estimate of drug-likeness (QED) is 0.529. The number of piperidine rings is 1. The van der Waals surface area contributed by atoms with Crippen LogP contribution in [0.3, 0.4) is 0 Å². The summed E-state index contributed by atoms with van der Waals surface area (Å²) >= 11 is 0. The predicted octanol–water partition coefficient (Wildman–Crippen LogP) is 2.91. The van der Waals surface area contributed by atoms with Gasteiger partial charge in [0.1, 0.15) is 5.82 Å². The summed E-state index contributed by atoms with van der Waals surface area (Å²) in [6, 6.07) is 7.46. The molecule has 1 aromatic rings. The Morgan fingerprint density at radius 2 is 2.07 bits per heavy atom. The highest BCUT2D eigenvalue weighted by Crippen LogP contribution is 2.47. The summed E-state index contributed by atoms with van der Waals surface area (Å²) < 4.78 is 19.2. The van der Waals surface area contributed by atoms with Crippen molar-refractivity contribution in [2.45, 2.75) is 57.1 Å². The molecule has 1 heterocycles. The van der Waals surface area contributed by atoms with E-state index < -0.39 is 0 Å². The van der Waals surface area contributed by atoms with Crippen molar-refractivity contribution in [3.63, 3.8) is 0 Å². The number of nitrogens with zero attached hydrogens (tertiary/aromatic N) is 2. The first-order valence-electron chi connectivity index (χ1n) is 10.6. The molecule has 3 rings (SSSR count). The minimum atomic E-state index is -0.156. The van der Waals surface area contributed by atoms with Crippen molar-refractivity contribution in [1.29, 1.82) is 0 Å². The van der Waals surface area contributed by atoms with Crippen LogP contribution in [0.2, 0.25) is 0 Å². The number of nitrogens with one attached hydrogen (secondary N) is 2. The molecule has 0 aromatic heterocycles. The van der Waals surface area contributed by atoms with Crippen LogP contribution in [0.15, 0.2) is 29.3 Å². The Kier molecular flexibility index (Phi) is 7.30. The summed E-state index contributed by atoms with van der Waals surface area (Å²) in [5, 5.41) is 7.05. The second-order valence-corrected chi connectivity index (χ2v) is 8.40. The Bertz CT molecular complexity index is 652. The van der Waals surface area contributed by atoms with Crippen molar-refractivity contribution in [3.8, 4) is 0 Å². The van der Waals surface area contributed by atoms with Crippen molar-refractivity contribution >= 4 is 5.96 Å². The Balaban J connectivity index is 1.41. The second-order valence-electron chi connectivity index (χ2n) is 8.40. The average Bonchev–Trinajstić information content (AvgIpc) is 3.47. The molecule has 0 spiro atoms. The Labute approximate surface area is 168 Å². The normalized spacial score (nSPS) is 20.4. The zero-order valence-electron chi connectivity index (χ0n) is 17.5. The van der Waals surface area contributed by atoms with Crippen LogP contribution in [0.4, 0.5) is 4.39 Å². The van der Waals surface area contributed by atoms with Crippen LogP contribution in [0.25, 0.3) is 0 Å². The maximum absolute atomic E-state index is 13.6. The van der Waals surface area contributed by atoms with Gasteiger partial charge in [-0.15, -0.1) is 0 Å². The molecule has 0 bridgehead atoms. The van der Waals surface area contributed by atoms with E-state index in [-0.39, 0.29) is 11.2 Å². The monoisotopic (exact) mass is 390 g/mol. The van der Waals surface area contributed by atoms with Crippen LogP contribution in [-0.4, -0.2) is 62.8 Å². The number of hydrogen-bond donors (Lipinski definition) is 2. The standard InChI is InChI=1S/C22H35FN4O/c1-17(2)28-14-13-27-11-7-20(8-12-27)26-21(24-3)25-16-22(9-10-22)18-5-4-6-19(23)15-18/h4-6,15,17,20H,7-14,16H2,1-3H3,(H2,24,25,26). The number of guanidine groups is 1. The van der Waals surface area contributed by atoms with Gasteiger partial charge in [-0.1, -0.05) is 12.1 Å². The first kappa shape index (κ1) is 21.1. The number of benzene rings is 1. The molecule has 6 heteroatoms. The predicted molar refractivity (Wildman–Crippen MR) is 112 cm³/mol. The van der Waals surface area contributed by atoms with Gasteiger partial charge >= 0.3 is 0 Å². The molecule has 2 fully saturated rings. The van der Waals surface area contributed by atoms with Crippen LogP contribution in [0.5, 0.6) is 0 Å². The third kappa shape index (κ3) is 5.92. The fourth-order valence-electron chi connectivity index (χ4n) is 3.90. The van der Waals surface area contributed by atoms with Crippen molar-refractivity contribution < 1.29 is 9.13 Å². The van der Waals surface area contributed by atoms with Gasteiger partial charge < -0.3 is 20.3 Å². The number of aliphatic imine (C=N–C) groups is 1. The van der Waals surface area contributed by atoms with Crippen molar-refractivity contribution in [2.75, 3.05) is 39.8 Å². The highest BCUT2D eigenvalue weighted by molar-refractivity contribution is 5.80. The third-order valence-corrected chi connectivity index (χ3v) is 5.90. The first-order chi connectivity index (χ1) is 13.5. The summed E-state index contributed by atoms with van der Waals surface area (Å²) in [5.74, 6) is 0.695. The largest absolute Gasteiger partial charge is 0.377 e. The van der Waals surface area contributed by atoms with Gasteiger partial charge in [-0.25, -0.2) is 4.39 Å². The fraction of sp³-hybridized carbons (Fsp3) is 0.682. The lowest BCUT2D eigenvalue weighted by atomic mass is 9.96. The lowest BCUT2D eigenvalue weighted by Crippen LogP contribution is -2.50. The number of halogens is 1. The number of hydrogen-bond acceptors (Lipinski definition) is 3. The molecule has 5 nitrogen and oxygen atoms in total. The summed E-state index contributed by atoms with van der Waals surface area (Å²) in [5.41, 5.74) is 1.15.